The van der Waals surface area contributed by atoms with Gasteiger partial charge in [-0.1, -0.05) is 0 Å². The Labute approximate surface area is 183 Å². The highest BCUT2D eigenvalue weighted by molar-refractivity contribution is 5.99. The van der Waals surface area contributed by atoms with Crippen LogP contribution in [0.4, 0.5) is 26.0 Å². The van der Waals surface area contributed by atoms with Gasteiger partial charge in [0, 0.05) is 53.3 Å². The molecule has 0 saturated heterocycles. The summed E-state index contributed by atoms with van der Waals surface area (Å²) in [6, 6.07) is 12.1. The maximum atomic E-state index is 13.5. The summed E-state index contributed by atoms with van der Waals surface area (Å²) in [5.74, 6) is -1.03. The minimum atomic E-state index is -0.667. The third-order valence-electron chi connectivity index (χ3n) is 5.15. The normalized spacial score (nSPS) is 12.9. The van der Waals surface area contributed by atoms with E-state index in [1.165, 1.54) is 18.3 Å². The van der Waals surface area contributed by atoms with Crippen LogP contribution in [-0.2, 0) is 17.8 Å². The molecule has 1 saturated carbocycles. The minimum Gasteiger partial charge on any atom is -0.381 e. The number of anilines is 3. The smallest absolute Gasteiger partial charge is 0.221 e. The molecule has 0 unspecified atom stereocenters. The molecule has 1 amide bonds. The second-order valence-electron chi connectivity index (χ2n) is 7.84. The minimum absolute atomic E-state index is 0.0366. The number of primary amides is 1. The second-order valence-corrected chi connectivity index (χ2v) is 7.84. The number of rotatable bonds is 9. The number of nitrogens with zero attached hydrogens (tertiary/aromatic N) is 1. The first-order valence-corrected chi connectivity index (χ1v) is 10.2. The van der Waals surface area contributed by atoms with Crippen LogP contribution in [0.25, 0.3) is 0 Å². The van der Waals surface area contributed by atoms with E-state index in [2.05, 4.69) is 15.6 Å². The topological polar surface area (TPSA) is 97.1 Å². The third-order valence-corrected chi connectivity index (χ3v) is 5.15. The van der Waals surface area contributed by atoms with Crippen LogP contribution in [0.15, 0.2) is 54.7 Å². The summed E-state index contributed by atoms with van der Waals surface area (Å²) >= 11 is 0. The highest BCUT2D eigenvalue weighted by Crippen LogP contribution is 2.33. The fourth-order valence-electron chi connectivity index (χ4n) is 3.40. The molecule has 6 nitrogen and oxygen atoms in total. The number of ketones is 1. The van der Waals surface area contributed by atoms with E-state index in [9.17, 15) is 18.4 Å². The van der Waals surface area contributed by atoms with Gasteiger partial charge in [-0.05, 0) is 54.8 Å². The van der Waals surface area contributed by atoms with Crippen LogP contribution in [0.3, 0.4) is 0 Å². The maximum Gasteiger partial charge on any atom is 0.221 e. The van der Waals surface area contributed by atoms with Crippen LogP contribution in [0.1, 0.15) is 34.3 Å². The van der Waals surface area contributed by atoms with E-state index < -0.39 is 17.5 Å². The van der Waals surface area contributed by atoms with Crippen molar-refractivity contribution in [3.63, 3.8) is 0 Å². The van der Waals surface area contributed by atoms with E-state index >= 15 is 0 Å². The van der Waals surface area contributed by atoms with Gasteiger partial charge < -0.3 is 16.4 Å². The summed E-state index contributed by atoms with van der Waals surface area (Å²) in [5, 5.41) is 6.25. The number of nitrogens with two attached hydrogens (primary N) is 1. The molecule has 0 radical (unpaired) electrons. The molecule has 1 aliphatic rings. The van der Waals surface area contributed by atoms with E-state index in [0.717, 1.165) is 24.6 Å². The van der Waals surface area contributed by atoms with E-state index in [0.29, 0.717) is 28.2 Å². The highest BCUT2D eigenvalue weighted by Gasteiger charge is 2.30. The molecular formula is C24H22F2N4O2. The Morgan fingerprint density at radius 1 is 1.03 bits per heavy atom. The largest absolute Gasteiger partial charge is 0.381 e. The zero-order valence-corrected chi connectivity index (χ0v) is 17.2. The van der Waals surface area contributed by atoms with Crippen LogP contribution < -0.4 is 16.4 Å². The van der Waals surface area contributed by atoms with Crippen molar-refractivity contribution in [1.82, 2.24) is 4.98 Å². The van der Waals surface area contributed by atoms with E-state index in [-0.39, 0.29) is 24.7 Å². The Morgan fingerprint density at radius 3 is 2.34 bits per heavy atom. The standard InChI is InChI=1S/C24H22F2N4O2/c25-18-7-14(8-19(26)10-18)12-28-21-11-23(29-13-17(21)9-22(27)31)30-20-5-3-16(4-6-20)24(32)15-1-2-15/h3-8,10-11,13,15H,1-2,9,12H2,(H2,27,31)(H2,28,29,30). The van der Waals surface area contributed by atoms with Crippen molar-refractivity contribution in [3.8, 4) is 0 Å². The molecule has 0 bridgehead atoms. The molecule has 0 spiro atoms. The monoisotopic (exact) mass is 436 g/mol. The number of carbonyl (C=O) groups excluding carboxylic acids is 2. The molecule has 1 fully saturated rings. The number of amides is 1. The summed E-state index contributed by atoms with van der Waals surface area (Å²) in [4.78, 5) is 27.9. The van der Waals surface area contributed by atoms with Crippen LogP contribution in [0.5, 0.6) is 0 Å². The summed E-state index contributed by atoms with van der Waals surface area (Å²) in [6.45, 7) is 0.141. The molecular weight excluding hydrogens is 414 g/mol. The number of halogens is 2. The SMILES string of the molecule is NC(=O)Cc1cnc(Nc2ccc(C(=O)C3CC3)cc2)cc1NCc1cc(F)cc(F)c1. The Morgan fingerprint density at radius 2 is 1.72 bits per heavy atom. The van der Waals surface area contributed by atoms with Gasteiger partial charge in [0.05, 0.1) is 6.42 Å². The summed E-state index contributed by atoms with van der Waals surface area (Å²) < 4.78 is 26.9. The number of Topliss-reactive ketones (excluding diaryl/α,β-unsaturated/α-hetero) is 1. The number of hydrogen-bond donors (Lipinski definition) is 3. The second kappa shape index (κ2) is 9.13. The van der Waals surface area contributed by atoms with Crippen molar-refractivity contribution in [2.75, 3.05) is 10.6 Å². The summed E-state index contributed by atoms with van der Waals surface area (Å²) in [7, 11) is 0. The fourth-order valence-corrected chi connectivity index (χ4v) is 3.40. The van der Waals surface area contributed by atoms with Gasteiger partial charge in [0.25, 0.3) is 0 Å². The Hall–Kier alpha value is -3.81. The van der Waals surface area contributed by atoms with Gasteiger partial charge in [-0.25, -0.2) is 13.8 Å². The molecule has 2 aromatic carbocycles. The lowest BCUT2D eigenvalue weighted by Crippen LogP contribution is -2.15. The number of benzene rings is 2. The lowest BCUT2D eigenvalue weighted by Gasteiger charge is -2.14. The van der Waals surface area contributed by atoms with Crippen LogP contribution in [0, 0.1) is 17.6 Å². The van der Waals surface area contributed by atoms with E-state index in [1.807, 2.05) is 0 Å². The molecule has 3 aromatic rings. The predicted molar refractivity (Wildman–Crippen MR) is 118 cm³/mol. The number of aromatic nitrogens is 1. The first-order valence-electron chi connectivity index (χ1n) is 10.2. The molecule has 32 heavy (non-hydrogen) atoms. The average molecular weight is 436 g/mol. The predicted octanol–water partition coefficient (Wildman–Crippen LogP) is 4.34. The molecule has 1 aliphatic carbocycles. The zero-order chi connectivity index (χ0) is 22.7. The molecule has 164 valence electrons. The van der Waals surface area contributed by atoms with Crippen molar-refractivity contribution in [2.45, 2.75) is 25.8 Å². The number of carbonyl (C=O) groups is 2. The molecule has 8 heteroatoms. The lowest BCUT2D eigenvalue weighted by molar-refractivity contribution is -0.117. The van der Waals surface area contributed by atoms with Gasteiger partial charge in [0.15, 0.2) is 5.78 Å². The van der Waals surface area contributed by atoms with Gasteiger partial charge in [0.2, 0.25) is 5.91 Å². The quantitative estimate of drug-likeness (QED) is 0.434. The summed E-state index contributed by atoms with van der Waals surface area (Å²) in [6.07, 6.45) is 3.40. The van der Waals surface area contributed by atoms with Crippen molar-refractivity contribution >= 4 is 28.9 Å². The van der Waals surface area contributed by atoms with Gasteiger partial charge in [0.1, 0.15) is 17.5 Å². The fraction of sp³-hybridized carbons (Fsp3) is 0.208. The van der Waals surface area contributed by atoms with Gasteiger partial charge >= 0.3 is 0 Å². The average Bonchev–Trinajstić information content (AvgIpc) is 3.58. The molecule has 1 aromatic heterocycles. The Bertz CT molecular complexity index is 1140. The van der Waals surface area contributed by atoms with Crippen molar-refractivity contribution < 1.29 is 18.4 Å². The van der Waals surface area contributed by atoms with Crippen molar-refractivity contribution in [1.29, 1.82) is 0 Å². The van der Waals surface area contributed by atoms with E-state index in [4.69, 9.17) is 5.73 Å². The third kappa shape index (κ3) is 5.46. The van der Waals surface area contributed by atoms with Gasteiger partial charge in [-0.2, -0.15) is 0 Å². The Balaban J connectivity index is 1.51. The van der Waals surface area contributed by atoms with Crippen LogP contribution in [-0.4, -0.2) is 16.7 Å². The lowest BCUT2D eigenvalue weighted by atomic mass is 10.1. The van der Waals surface area contributed by atoms with Crippen molar-refractivity contribution in [3.05, 3.63) is 83.1 Å². The number of pyridine rings is 1. The Kier molecular flexibility index (Phi) is 6.11. The molecule has 0 atom stereocenters. The molecule has 4 N–H and O–H groups in total. The van der Waals surface area contributed by atoms with Crippen LogP contribution >= 0.6 is 0 Å². The van der Waals surface area contributed by atoms with E-state index in [1.54, 1.807) is 30.3 Å². The molecule has 1 heterocycles. The zero-order valence-electron chi connectivity index (χ0n) is 17.2. The molecule has 4 rings (SSSR count). The molecule has 0 aliphatic heterocycles. The van der Waals surface area contributed by atoms with Gasteiger partial charge in [-0.15, -0.1) is 0 Å². The number of nitrogens with one attached hydrogen (secondary N) is 2. The van der Waals surface area contributed by atoms with Gasteiger partial charge in [-0.3, -0.25) is 9.59 Å². The first-order chi connectivity index (χ1) is 15.4. The van der Waals surface area contributed by atoms with Crippen molar-refractivity contribution in [2.24, 2.45) is 11.7 Å². The first kappa shape index (κ1) is 21.4. The summed E-state index contributed by atoms with van der Waals surface area (Å²) in [5.41, 5.74) is 8.29. The van der Waals surface area contributed by atoms with Crippen LogP contribution in [0.2, 0.25) is 0 Å². The highest BCUT2D eigenvalue weighted by atomic mass is 19.1. The number of hydrogen-bond acceptors (Lipinski definition) is 5. The maximum absolute atomic E-state index is 13.5.